The van der Waals surface area contributed by atoms with Gasteiger partial charge in [0.1, 0.15) is 11.5 Å². The van der Waals surface area contributed by atoms with Crippen molar-refractivity contribution in [3.05, 3.63) is 76.0 Å². The predicted octanol–water partition coefficient (Wildman–Crippen LogP) is 4.90. The molecule has 0 saturated heterocycles. The van der Waals surface area contributed by atoms with Gasteiger partial charge in [-0.25, -0.2) is 4.79 Å². The number of halogens is 2. The second kappa shape index (κ2) is 8.95. The number of hydrogen-bond acceptors (Lipinski definition) is 5. The van der Waals surface area contributed by atoms with Crippen LogP contribution in [-0.2, 0) is 16.0 Å². The molecule has 1 N–H and O–H groups in total. The minimum Gasteiger partial charge on any atom is -0.507 e. The number of hydrogen-bond donors (Lipinski definition) is 1. The van der Waals surface area contributed by atoms with E-state index in [-0.39, 0.29) is 12.4 Å². The number of aromatic nitrogens is 1. The van der Waals surface area contributed by atoms with E-state index in [2.05, 4.69) is 9.72 Å². The first-order chi connectivity index (χ1) is 13.5. The van der Waals surface area contributed by atoms with Crippen molar-refractivity contribution < 1.29 is 19.4 Å². The van der Waals surface area contributed by atoms with Gasteiger partial charge in [-0.1, -0.05) is 29.3 Å². The number of pyridine rings is 1. The number of phenolic OH excluding ortho intramolecular Hbond substituents is 1. The molecule has 0 radical (unpaired) electrons. The van der Waals surface area contributed by atoms with Crippen LogP contribution >= 0.6 is 23.2 Å². The minimum absolute atomic E-state index is 0.179. The molecule has 1 heterocycles. The molecule has 5 nitrogen and oxygen atoms in total. The lowest BCUT2D eigenvalue weighted by Gasteiger charge is -2.12. The van der Waals surface area contributed by atoms with Gasteiger partial charge < -0.3 is 14.6 Å². The van der Waals surface area contributed by atoms with E-state index in [0.717, 1.165) is 16.7 Å². The number of phenols is 1. The summed E-state index contributed by atoms with van der Waals surface area (Å²) in [4.78, 5) is 15.2. The van der Waals surface area contributed by atoms with Crippen LogP contribution in [0.25, 0.3) is 11.1 Å². The fourth-order valence-electron chi connectivity index (χ4n) is 2.69. The Morgan fingerprint density at radius 3 is 2.39 bits per heavy atom. The molecular weight excluding hydrogens is 401 g/mol. The molecule has 7 heteroatoms. The topological polar surface area (TPSA) is 68.7 Å². The molecule has 0 unspecified atom stereocenters. The standard InChI is InChI=1S/C21H17Cl2NO4/c1-27-21(26)12-28-15-10-18(22)17(19(23)11-15)9-13-2-3-20(25)16(8-13)14-4-6-24-7-5-14/h2-8,10-11,25H,9,12H2,1H3. The van der Waals surface area contributed by atoms with Crippen LogP contribution < -0.4 is 4.74 Å². The third kappa shape index (κ3) is 4.74. The number of esters is 1. The van der Waals surface area contributed by atoms with Crippen LogP contribution in [0.2, 0.25) is 10.0 Å². The molecule has 0 bridgehead atoms. The number of methoxy groups -OCH3 is 1. The maximum Gasteiger partial charge on any atom is 0.343 e. The van der Waals surface area contributed by atoms with E-state index >= 15 is 0 Å². The van der Waals surface area contributed by atoms with Gasteiger partial charge in [0.2, 0.25) is 0 Å². The van der Waals surface area contributed by atoms with Crippen molar-refractivity contribution in [1.82, 2.24) is 4.98 Å². The zero-order valence-electron chi connectivity index (χ0n) is 15.0. The summed E-state index contributed by atoms with van der Waals surface area (Å²) in [5, 5.41) is 11.0. The number of rotatable bonds is 6. The molecule has 0 aliphatic heterocycles. The van der Waals surface area contributed by atoms with E-state index in [1.165, 1.54) is 7.11 Å². The van der Waals surface area contributed by atoms with Gasteiger partial charge in [-0.05, 0) is 53.1 Å². The number of benzene rings is 2. The van der Waals surface area contributed by atoms with E-state index in [4.69, 9.17) is 27.9 Å². The highest BCUT2D eigenvalue weighted by molar-refractivity contribution is 6.36. The molecule has 144 valence electrons. The molecular formula is C21H17Cl2NO4. The number of ether oxygens (including phenoxy) is 2. The summed E-state index contributed by atoms with van der Waals surface area (Å²) in [6.07, 6.45) is 3.80. The van der Waals surface area contributed by atoms with Crippen LogP contribution in [0.5, 0.6) is 11.5 Å². The normalized spacial score (nSPS) is 10.5. The Labute approximate surface area is 172 Å². The first-order valence-corrected chi connectivity index (χ1v) is 9.13. The van der Waals surface area contributed by atoms with Crippen molar-refractivity contribution in [2.24, 2.45) is 0 Å². The number of carbonyl (C=O) groups excluding carboxylic acids is 1. The second-order valence-electron chi connectivity index (χ2n) is 5.99. The third-order valence-corrected chi connectivity index (χ3v) is 4.81. The summed E-state index contributed by atoms with van der Waals surface area (Å²) in [5.74, 6) is 0.0649. The molecule has 2 aromatic carbocycles. The maximum atomic E-state index is 11.2. The van der Waals surface area contributed by atoms with E-state index in [1.54, 1.807) is 30.6 Å². The molecule has 0 saturated carbocycles. The summed E-state index contributed by atoms with van der Waals surface area (Å²) >= 11 is 12.8. The first kappa shape index (κ1) is 20.0. The minimum atomic E-state index is -0.496. The van der Waals surface area contributed by atoms with Gasteiger partial charge in [0.25, 0.3) is 0 Å². The van der Waals surface area contributed by atoms with E-state index < -0.39 is 5.97 Å². The van der Waals surface area contributed by atoms with Crippen LogP contribution in [0.1, 0.15) is 11.1 Å². The van der Waals surface area contributed by atoms with Gasteiger partial charge in [0.05, 0.1) is 7.11 Å². The highest BCUT2D eigenvalue weighted by Crippen LogP contribution is 2.34. The van der Waals surface area contributed by atoms with Crippen LogP contribution in [-0.4, -0.2) is 29.8 Å². The van der Waals surface area contributed by atoms with Crippen LogP contribution in [0.15, 0.2) is 54.9 Å². The summed E-state index contributed by atoms with van der Waals surface area (Å²) in [7, 11) is 1.28. The van der Waals surface area contributed by atoms with Crippen LogP contribution in [0, 0.1) is 0 Å². The van der Waals surface area contributed by atoms with Crippen molar-refractivity contribution in [3.8, 4) is 22.6 Å². The van der Waals surface area contributed by atoms with E-state index in [1.807, 2.05) is 24.3 Å². The molecule has 0 atom stereocenters. The average Bonchev–Trinajstić information content (AvgIpc) is 2.70. The Hall–Kier alpha value is -2.76. The Morgan fingerprint density at radius 1 is 1.07 bits per heavy atom. The quantitative estimate of drug-likeness (QED) is 0.577. The number of aromatic hydroxyl groups is 1. The smallest absolute Gasteiger partial charge is 0.343 e. The van der Waals surface area contributed by atoms with Crippen molar-refractivity contribution in [1.29, 1.82) is 0 Å². The summed E-state index contributed by atoms with van der Waals surface area (Å²) in [5.41, 5.74) is 3.21. The average molecular weight is 418 g/mol. The molecule has 3 rings (SSSR count). The van der Waals surface area contributed by atoms with Gasteiger partial charge >= 0.3 is 5.97 Å². The van der Waals surface area contributed by atoms with Crippen LogP contribution in [0.3, 0.4) is 0 Å². The van der Waals surface area contributed by atoms with Crippen molar-refractivity contribution >= 4 is 29.2 Å². The van der Waals surface area contributed by atoms with Gasteiger partial charge in [0.15, 0.2) is 6.61 Å². The highest BCUT2D eigenvalue weighted by atomic mass is 35.5. The van der Waals surface area contributed by atoms with Gasteiger partial charge in [-0.15, -0.1) is 0 Å². The molecule has 0 aliphatic rings. The monoisotopic (exact) mass is 417 g/mol. The maximum absolute atomic E-state index is 11.2. The first-order valence-electron chi connectivity index (χ1n) is 8.37. The SMILES string of the molecule is COC(=O)COc1cc(Cl)c(Cc2ccc(O)c(-c3ccncc3)c2)c(Cl)c1. The lowest BCUT2D eigenvalue weighted by Crippen LogP contribution is -2.12. The third-order valence-electron chi connectivity index (χ3n) is 4.13. The Balaban J connectivity index is 1.85. The highest BCUT2D eigenvalue weighted by Gasteiger charge is 2.13. The molecule has 3 aromatic rings. The summed E-state index contributed by atoms with van der Waals surface area (Å²) in [6, 6.07) is 12.2. The van der Waals surface area contributed by atoms with Crippen molar-refractivity contribution in [3.63, 3.8) is 0 Å². The fraction of sp³-hybridized carbons (Fsp3) is 0.143. The molecule has 0 amide bonds. The van der Waals surface area contributed by atoms with E-state index in [9.17, 15) is 9.90 Å². The largest absolute Gasteiger partial charge is 0.507 e. The number of carbonyl (C=O) groups is 1. The fourth-order valence-corrected chi connectivity index (χ4v) is 3.29. The second-order valence-corrected chi connectivity index (χ2v) is 6.81. The Morgan fingerprint density at radius 2 is 1.75 bits per heavy atom. The van der Waals surface area contributed by atoms with Gasteiger partial charge in [0, 0.05) is 34.4 Å². The predicted molar refractivity (Wildman–Crippen MR) is 108 cm³/mol. The zero-order chi connectivity index (χ0) is 20.1. The molecule has 1 aromatic heterocycles. The Kier molecular flexibility index (Phi) is 6.39. The lowest BCUT2D eigenvalue weighted by molar-refractivity contribution is -0.142. The molecule has 0 fully saturated rings. The van der Waals surface area contributed by atoms with Crippen molar-refractivity contribution in [2.45, 2.75) is 6.42 Å². The lowest BCUT2D eigenvalue weighted by atomic mass is 9.98. The number of nitrogens with zero attached hydrogens (tertiary/aromatic N) is 1. The van der Waals surface area contributed by atoms with Crippen molar-refractivity contribution in [2.75, 3.05) is 13.7 Å². The molecule has 0 aliphatic carbocycles. The summed E-state index contributed by atoms with van der Waals surface area (Å²) < 4.78 is 9.87. The van der Waals surface area contributed by atoms with Gasteiger partial charge in [-0.3, -0.25) is 4.98 Å². The molecule has 0 spiro atoms. The zero-order valence-corrected chi connectivity index (χ0v) is 16.5. The van der Waals surface area contributed by atoms with Crippen LogP contribution in [0.4, 0.5) is 0 Å². The molecule has 28 heavy (non-hydrogen) atoms. The summed E-state index contributed by atoms with van der Waals surface area (Å²) in [6.45, 7) is -0.226. The van der Waals surface area contributed by atoms with E-state index in [0.29, 0.717) is 27.8 Å². The Bertz CT molecular complexity index is 970. The van der Waals surface area contributed by atoms with Gasteiger partial charge in [-0.2, -0.15) is 0 Å².